The minimum absolute atomic E-state index is 0.511. The highest BCUT2D eigenvalue weighted by atomic mass is 19.1. The number of alkyl halides is 1. The Morgan fingerprint density at radius 3 is 2.29 bits per heavy atom. The maximum Gasteiger partial charge on any atom is 0.116 e. The first-order chi connectivity index (χ1) is 10.1. The molecular formula is C16H25FN4. The molecule has 0 amide bonds. The van der Waals surface area contributed by atoms with Crippen molar-refractivity contribution in [2.75, 3.05) is 63.3 Å². The highest BCUT2D eigenvalue weighted by Crippen LogP contribution is 2.24. The van der Waals surface area contributed by atoms with Gasteiger partial charge in [-0.2, -0.15) is 0 Å². The number of rotatable bonds is 3. The van der Waals surface area contributed by atoms with Crippen molar-refractivity contribution in [2.24, 2.45) is 0 Å². The molecule has 0 saturated carbocycles. The van der Waals surface area contributed by atoms with E-state index in [0.717, 1.165) is 38.4 Å². The first-order valence-electron chi connectivity index (χ1n) is 7.80. The van der Waals surface area contributed by atoms with E-state index in [0.29, 0.717) is 13.0 Å². The zero-order chi connectivity index (χ0) is 14.8. The van der Waals surface area contributed by atoms with E-state index in [2.05, 4.69) is 51.1 Å². The molecule has 0 aliphatic carbocycles. The molecular weight excluding hydrogens is 267 g/mol. The van der Waals surface area contributed by atoms with Crippen LogP contribution in [0.25, 0.3) is 0 Å². The van der Waals surface area contributed by atoms with Crippen molar-refractivity contribution in [3.8, 4) is 0 Å². The van der Waals surface area contributed by atoms with Gasteiger partial charge in [-0.1, -0.05) is 0 Å². The van der Waals surface area contributed by atoms with E-state index in [4.69, 9.17) is 0 Å². The third-order valence-corrected chi connectivity index (χ3v) is 4.63. The number of hydrazine groups is 1. The van der Waals surface area contributed by atoms with Gasteiger partial charge in [0.1, 0.15) is 6.17 Å². The average molecular weight is 292 g/mol. The van der Waals surface area contributed by atoms with Crippen LogP contribution in [0.5, 0.6) is 0 Å². The van der Waals surface area contributed by atoms with Crippen molar-refractivity contribution in [2.45, 2.75) is 12.6 Å². The molecule has 5 heteroatoms. The average Bonchev–Trinajstić information content (AvgIpc) is 2.94. The summed E-state index contributed by atoms with van der Waals surface area (Å²) in [5.41, 5.74) is 2.41. The van der Waals surface area contributed by atoms with Crippen LogP contribution < -0.4 is 9.91 Å². The smallest absolute Gasteiger partial charge is 0.116 e. The van der Waals surface area contributed by atoms with Gasteiger partial charge >= 0.3 is 0 Å². The van der Waals surface area contributed by atoms with E-state index in [1.54, 1.807) is 0 Å². The summed E-state index contributed by atoms with van der Waals surface area (Å²) in [6, 6.07) is 8.64. The molecule has 1 aromatic rings. The van der Waals surface area contributed by atoms with Crippen LogP contribution in [0, 0.1) is 0 Å². The van der Waals surface area contributed by atoms with Gasteiger partial charge in [-0.25, -0.2) is 9.40 Å². The second kappa shape index (κ2) is 6.20. The molecule has 0 aromatic heterocycles. The van der Waals surface area contributed by atoms with E-state index < -0.39 is 6.17 Å². The molecule has 2 fully saturated rings. The summed E-state index contributed by atoms with van der Waals surface area (Å²) in [7, 11) is 4.19. The van der Waals surface area contributed by atoms with Crippen LogP contribution in [0.1, 0.15) is 6.42 Å². The summed E-state index contributed by atoms with van der Waals surface area (Å²) in [6.45, 7) is 5.72. The lowest BCUT2D eigenvalue weighted by Crippen LogP contribution is -2.44. The standard InChI is InChI=1S/C16H25FN4/c1-18-9-11-20(12-10-18)16-5-3-15(4-6-16)19(2)21-8-7-14(17)13-21/h3-6,14H,7-13H2,1-2H3/t14-/m1/s1. The van der Waals surface area contributed by atoms with Gasteiger partial charge in [0.15, 0.2) is 0 Å². The molecule has 0 unspecified atom stereocenters. The molecule has 1 atom stereocenters. The fourth-order valence-electron chi connectivity index (χ4n) is 3.08. The van der Waals surface area contributed by atoms with Crippen molar-refractivity contribution >= 4 is 11.4 Å². The van der Waals surface area contributed by atoms with E-state index in [1.165, 1.54) is 5.69 Å². The van der Waals surface area contributed by atoms with Gasteiger partial charge in [-0.3, -0.25) is 0 Å². The largest absolute Gasteiger partial charge is 0.369 e. The quantitative estimate of drug-likeness (QED) is 0.842. The summed E-state index contributed by atoms with van der Waals surface area (Å²) < 4.78 is 13.3. The third-order valence-electron chi connectivity index (χ3n) is 4.63. The minimum Gasteiger partial charge on any atom is -0.369 e. The summed E-state index contributed by atoms with van der Waals surface area (Å²) >= 11 is 0. The highest BCUT2D eigenvalue weighted by molar-refractivity contribution is 5.56. The molecule has 2 heterocycles. The van der Waals surface area contributed by atoms with E-state index in [-0.39, 0.29) is 0 Å². The number of likely N-dealkylation sites (N-methyl/N-ethyl adjacent to an activating group) is 1. The molecule has 21 heavy (non-hydrogen) atoms. The fraction of sp³-hybridized carbons (Fsp3) is 0.625. The van der Waals surface area contributed by atoms with Crippen LogP contribution in [-0.4, -0.2) is 69.4 Å². The van der Waals surface area contributed by atoms with Gasteiger partial charge in [0.05, 0.1) is 5.69 Å². The Balaban J connectivity index is 1.63. The zero-order valence-corrected chi connectivity index (χ0v) is 13.0. The van der Waals surface area contributed by atoms with Gasteiger partial charge in [-0.15, -0.1) is 0 Å². The Bertz CT molecular complexity index is 456. The van der Waals surface area contributed by atoms with Crippen LogP contribution >= 0.6 is 0 Å². The molecule has 2 aliphatic heterocycles. The third kappa shape index (κ3) is 3.30. The summed E-state index contributed by atoms with van der Waals surface area (Å²) in [6.07, 6.45) is -0.0407. The lowest BCUT2D eigenvalue weighted by Gasteiger charge is -2.34. The molecule has 2 saturated heterocycles. The van der Waals surface area contributed by atoms with Crippen molar-refractivity contribution in [1.29, 1.82) is 0 Å². The second-order valence-electron chi connectivity index (χ2n) is 6.13. The Morgan fingerprint density at radius 2 is 1.71 bits per heavy atom. The van der Waals surface area contributed by atoms with Crippen molar-refractivity contribution in [3.05, 3.63) is 24.3 Å². The van der Waals surface area contributed by atoms with Crippen molar-refractivity contribution < 1.29 is 4.39 Å². The maximum absolute atomic E-state index is 13.3. The van der Waals surface area contributed by atoms with Crippen LogP contribution in [0.4, 0.5) is 15.8 Å². The molecule has 0 spiro atoms. The molecule has 0 N–H and O–H groups in total. The number of piperazine rings is 1. The fourth-order valence-corrected chi connectivity index (χ4v) is 3.08. The van der Waals surface area contributed by atoms with E-state index in [9.17, 15) is 4.39 Å². The minimum atomic E-state index is -0.683. The maximum atomic E-state index is 13.3. The van der Waals surface area contributed by atoms with Crippen LogP contribution in [0.15, 0.2) is 24.3 Å². The number of hydrogen-bond acceptors (Lipinski definition) is 4. The second-order valence-corrected chi connectivity index (χ2v) is 6.13. The SMILES string of the molecule is CN1CCN(c2ccc(N(C)N3CC[C@@H](F)C3)cc2)CC1. The number of benzene rings is 1. The first-order valence-corrected chi connectivity index (χ1v) is 7.80. The Morgan fingerprint density at radius 1 is 1.05 bits per heavy atom. The predicted molar refractivity (Wildman–Crippen MR) is 85.6 cm³/mol. The summed E-state index contributed by atoms with van der Waals surface area (Å²) in [4.78, 5) is 4.79. The molecule has 0 bridgehead atoms. The lowest BCUT2D eigenvalue weighted by atomic mass is 10.2. The topological polar surface area (TPSA) is 13.0 Å². The number of nitrogens with zero attached hydrogens (tertiary/aromatic N) is 4. The molecule has 4 nitrogen and oxygen atoms in total. The van der Waals surface area contributed by atoms with Gasteiger partial charge in [-0.05, 0) is 37.7 Å². The monoisotopic (exact) mass is 292 g/mol. The van der Waals surface area contributed by atoms with Crippen LogP contribution in [0.2, 0.25) is 0 Å². The number of hydrogen-bond donors (Lipinski definition) is 0. The summed E-state index contributed by atoms with van der Waals surface area (Å²) in [5, 5.41) is 4.16. The highest BCUT2D eigenvalue weighted by Gasteiger charge is 2.25. The van der Waals surface area contributed by atoms with Gasteiger partial charge in [0.25, 0.3) is 0 Å². The molecule has 0 radical (unpaired) electrons. The lowest BCUT2D eigenvalue weighted by molar-refractivity contribution is 0.281. The summed E-state index contributed by atoms with van der Waals surface area (Å²) in [5.74, 6) is 0. The van der Waals surface area contributed by atoms with Gasteiger partial charge in [0, 0.05) is 52.0 Å². The zero-order valence-electron chi connectivity index (χ0n) is 13.0. The number of halogens is 1. The molecule has 3 rings (SSSR count). The van der Waals surface area contributed by atoms with E-state index in [1.807, 2.05) is 7.05 Å². The van der Waals surface area contributed by atoms with Crippen molar-refractivity contribution in [3.63, 3.8) is 0 Å². The van der Waals surface area contributed by atoms with Gasteiger partial charge in [0.2, 0.25) is 0 Å². The number of anilines is 2. The van der Waals surface area contributed by atoms with Gasteiger partial charge < -0.3 is 14.8 Å². The van der Waals surface area contributed by atoms with E-state index >= 15 is 0 Å². The normalized spacial score (nSPS) is 24.5. The van der Waals surface area contributed by atoms with Crippen LogP contribution in [-0.2, 0) is 0 Å². The first kappa shape index (κ1) is 14.6. The molecule has 2 aliphatic rings. The molecule has 1 aromatic carbocycles. The molecule has 116 valence electrons. The van der Waals surface area contributed by atoms with Crippen molar-refractivity contribution in [1.82, 2.24) is 9.91 Å². The Labute approximate surface area is 126 Å². The Kier molecular flexibility index (Phi) is 4.31. The Hall–Kier alpha value is -1.33. The van der Waals surface area contributed by atoms with Crippen LogP contribution in [0.3, 0.4) is 0 Å². The predicted octanol–water partition coefficient (Wildman–Crippen LogP) is 1.83.